The first kappa shape index (κ1) is 20.0. The van der Waals surface area contributed by atoms with Gasteiger partial charge in [-0.2, -0.15) is 13.2 Å². The van der Waals surface area contributed by atoms with E-state index >= 15 is 0 Å². The van der Waals surface area contributed by atoms with Gasteiger partial charge >= 0.3 is 6.18 Å². The van der Waals surface area contributed by atoms with E-state index in [2.05, 4.69) is 15.3 Å². The van der Waals surface area contributed by atoms with Gasteiger partial charge in [0, 0.05) is 19.6 Å². The zero-order valence-electron chi connectivity index (χ0n) is 14.3. The summed E-state index contributed by atoms with van der Waals surface area (Å²) in [7, 11) is 0. The van der Waals surface area contributed by atoms with Gasteiger partial charge in [-0.1, -0.05) is 23.7 Å². The molecule has 0 radical (unpaired) electrons. The molecule has 0 aliphatic heterocycles. The van der Waals surface area contributed by atoms with Gasteiger partial charge in [0.25, 0.3) is 5.91 Å². The average Bonchev–Trinajstić information content (AvgIpc) is 2.61. The summed E-state index contributed by atoms with van der Waals surface area (Å²) >= 11 is 6.01. The Bertz CT molecular complexity index is 762. The number of nitrogens with zero attached hydrogens (tertiary/aromatic N) is 3. The summed E-state index contributed by atoms with van der Waals surface area (Å²) in [6.07, 6.45) is -3.04. The molecule has 1 aromatic carbocycles. The van der Waals surface area contributed by atoms with Crippen LogP contribution in [0.15, 0.2) is 30.5 Å². The zero-order valence-corrected chi connectivity index (χ0v) is 15.0. The number of halogens is 4. The van der Waals surface area contributed by atoms with Gasteiger partial charge in [0.15, 0.2) is 5.69 Å². The number of carbonyl (C=O) groups is 1. The molecule has 2 rings (SSSR count). The first-order valence-electron chi connectivity index (χ1n) is 7.98. The number of hydrogen-bond donors (Lipinski definition) is 1. The van der Waals surface area contributed by atoms with E-state index in [1.165, 1.54) is 18.3 Å². The molecule has 5 nitrogen and oxygen atoms in total. The molecule has 0 saturated heterocycles. The van der Waals surface area contributed by atoms with Gasteiger partial charge < -0.3 is 10.2 Å². The van der Waals surface area contributed by atoms with Gasteiger partial charge in [-0.25, -0.2) is 9.97 Å². The topological polar surface area (TPSA) is 58.1 Å². The Kier molecular flexibility index (Phi) is 6.42. The summed E-state index contributed by atoms with van der Waals surface area (Å²) in [4.78, 5) is 22.5. The molecule has 0 aliphatic rings. The van der Waals surface area contributed by atoms with Crippen LogP contribution < -0.4 is 10.2 Å². The zero-order chi connectivity index (χ0) is 19.3. The minimum absolute atomic E-state index is 0.0236. The first-order valence-corrected chi connectivity index (χ1v) is 8.35. The van der Waals surface area contributed by atoms with Gasteiger partial charge in [0.05, 0.1) is 16.8 Å². The highest BCUT2D eigenvalue weighted by atomic mass is 35.5. The highest BCUT2D eigenvalue weighted by Crippen LogP contribution is 2.29. The van der Waals surface area contributed by atoms with Crippen molar-refractivity contribution in [3.05, 3.63) is 52.3 Å². The van der Waals surface area contributed by atoms with Crippen molar-refractivity contribution < 1.29 is 18.0 Å². The maximum absolute atomic E-state index is 12.6. The fourth-order valence-electron chi connectivity index (χ4n) is 2.25. The van der Waals surface area contributed by atoms with E-state index < -0.39 is 17.6 Å². The van der Waals surface area contributed by atoms with Crippen LogP contribution in [0.3, 0.4) is 0 Å². The van der Waals surface area contributed by atoms with E-state index in [0.29, 0.717) is 24.6 Å². The van der Waals surface area contributed by atoms with Crippen LogP contribution in [0.4, 0.5) is 19.1 Å². The van der Waals surface area contributed by atoms with Crippen molar-refractivity contribution in [1.82, 2.24) is 15.3 Å². The van der Waals surface area contributed by atoms with Crippen molar-refractivity contribution in [2.75, 3.05) is 18.0 Å². The van der Waals surface area contributed by atoms with Crippen molar-refractivity contribution in [2.24, 2.45) is 0 Å². The van der Waals surface area contributed by atoms with Crippen LogP contribution in [0.25, 0.3) is 0 Å². The Morgan fingerprint density at radius 3 is 2.35 bits per heavy atom. The maximum Gasteiger partial charge on any atom is 0.416 e. The Labute approximate surface area is 154 Å². The highest BCUT2D eigenvalue weighted by Gasteiger charge is 2.29. The Morgan fingerprint density at radius 2 is 1.81 bits per heavy atom. The van der Waals surface area contributed by atoms with Gasteiger partial charge in [0.2, 0.25) is 5.95 Å². The van der Waals surface area contributed by atoms with E-state index in [-0.39, 0.29) is 17.3 Å². The number of hydrogen-bond acceptors (Lipinski definition) is 4. The summed E-state index contributed by atoms with van der Waals surface area (Å²) < 4.78 is 37.7. The number of aromatic nitrogens is 2. The maximum atomic E-state index is 12.6. The molecule has 1 N–H and O–H groups in total. The molecule has 0 atom stereocenters. The molecular weight excluding hydrogens is 369 g/mol. The monoisotopic (exact) mass is 386 g/mol. The van der Waals surface area contributed by atoms with E-state index in [0.717, 1.165) is 12.1 Å². The van der Waals surface area contributed by atoms with Gasteiger partial charge in [-0.15, -0.1) is 0 Å². The minimum atomic E-state index is -4.39. The summed E-state index contributed by atoms with van der Waals surface area (Å²) in [5.74, 6) is -0.134. The third-order valence-corrected chi connectivity index (χ3v) is 4.00. The Morgan fingerprint density at radius 1 is 1.19 bits per heavy atom. The Hall–Kier alpha value is -2.35. The van der Waals surface area contributed by atoms with Crippen molar-refractivity contribution in [2.45, 2.75) is 26.6 Å². The highest BCUT2D eigenvalue weighted by molar-refractivity contribution is 6.33. The van der Waals surface area contributed by atoms with Crippen LogP contribution in [0, 0.1) is 0 Å². The molecule has 1 heterocycles. The fourth-order valence-corrected chi connectivity index (χ4v) is 2.43. The second kappa shape index (κ2) is 8.35. The second-order valence-electron chi connectivity index (χ2n) is 5.42. The lowest BCUT2D eigenvalue weighted by atomic mass is 10.1. The first-order chi connectivity index (χ1) is 12.3. The lowest BCUT2D eigenvalue weighted by molar-refractivity contribution is -0.137. The van der Waals surface area contributed by atoms with Crippen molar-refractivity contribution in [3.8, 4) is 0 Å². The van der Waals surface area contributed by atoms with E-state index in [4.69, 9.17) is 11.6 Å². The molecule has 1 amide bonds. The van der Waals surface area contributed by atoms with Crippen LogP contribution in [0.2, 0.25) is 5.02 Å². The van der Waals surface area contributed by atoms with E-state index in [1.54, 1.807) is 0 Å². The number of rotatable bonds is 6. The van der Waals surface area contributed by atoms with Crippen LogP contribution in [-0.4, -0.2) is 29.0 Å². The minimum Gasteiger partial charge on any atom is -0.347 e. The van der Waals surface area contributed by atoms with E-state index in [9.17, 15) is 18.0 Å². The predicted molar refractivity (Wildman–Crippen MR) is 93.2 cm³/mol. The van der Waals surface area contributed by atoms with Crippen molar-refractivity contribution >= 4 is 23.5 Å². The van der Waals surface area contributed by atoms with Gasteiger partial charge in [0.1, 0.15) is 0 Å². The Balaban J connectivity index is 2.09. The third-order valence-electron chi connectivity index (χ3n) is 3.73. The molecule has 0 fully saturated rings. The van der Waals surface area contributed by atoms with Gasteiger partial charge in [-0.3, -0.25) is 4.79 Å². The van der Waals surface area contributed by atoms with Crippen molar-refractivity contribution in [1.29, 1.82) is 0 Å². The smallest absolute Gasteiger partial charge is 0.347 e. The molecule has 0 unspecified atom stereocenters. The number of benzene rings is 1. The predicted octanol–water partition coefficient (Wildman–Crippen LogP) is 3.93. The molecule has 1 aromatic heterocycles. The number of anilines is 1. The van der Waals surface area contributed by atoms with Crippen LogP contribution in [-0.2, 0) is 12.7 Å². The van der Waals surface area contributed by atoms with Crippen molar-refractivity contribution in [3.63, 3.8) is 0 Å². The SMILES string of the molecule is CCN(CC)c1ncc(Cl)c(C(=O)NCc2ccc(C(F)(F)F)cc2)n1. The normalized spacial score (nSPS) is 11.3. The summed E-state index contributed by atoms with van der Waals surface area (Å²) in [6.45, 7) is 5.27. The summed E-state index contributed by atoms with van der Waals surface area (Å²) in [6, 6.07) is 4.56. The molecule has 26 heavy (non-hydrogen) atoms. The van der Waals surface area contributed by atoms with Crippen LogP contribution in [0.1, 0.15) is 35.5 Å². The quantitative estimate of drug-likeness (QED) is 0.817. The fraction of sp³-hybridized carbons (Fsp3) is 0.353. The lowest BCUT2D eigenvalue weighted by Crippen LogP contribution is -2.28. The third kappa shape index (κ3) is 4.85. The molecule has 0 aliphatic carbocycles. The van der Waals surface area contributed by atoms with E-state index in [1.807, 2.05) is 18.7 Å². The van der Waals surface area contributed by atoms with Crippen LogP contribution in [0.5, 0.6) is 0 Å². The molecule has 0 spiro atoms. The number of carbonyl (C=O) groups excluding carboxylic acids is 1. The number of amides is 1. The lowest BCUT2D eigenvalue weighted by Gasteiger charge is -2.19. The molecule has 140 valence electrons. The summed E-state index contributed by atoms with van der Waals surface area (Å²) in [5.41, 5.74) is -0.189. The standard InChI is InChI=1S/C17H18ClF3N4O/c1-3-25(4-2)16-23-10-13(18)14(24-16)15(26)22-9-11-5-7-12(8-6-11)17(19,20)21/h5-8,10H,3-4,9H2,1-2H3,(H,22,26). The number of nitrogens with one attached hydrogen (secondary N) is 1. The molecule has 0 bridgehead atoms. The van der Waals surface area contributed by atoms with Gasteiger partial charge in [-0.05, 0) is 31.5 Å². The average molecular weight is 387 g/mol. The number of alkyl halides is 3. The largest absolute Gasteiger partial charge is 0.416 e. The molecule has 9 heteroatoms. The summed E-state index contributed by atoms with van der Waals surface area (Å²) in [5, 5.41) is 2.71. The molecule has 2 aromatic rings. The second-order valence-corrected chi connectivity index (χ2v) is 5.82. The van der Waals surface area contributed by atoms with Crippen LogP contribution >= 0.6 is 11.6 Å². The molecular formula is C17H18ClF3N4O. The molecule has 0 saturated carbocycles.